The Morgan fingerprint density at radius 2 is 2.33 bits per heavy atom. The molecular formula is C6H10INS. The molecule has 0 aromatic carbocycles. The molecule has 3 heteroatoms. The molecule has 0 aliphatic carbocycles. The van der Waals surface area contributed by atoms with Gasteiger partial charge < -0.3 is 0 Å². The summed E-state index contributed by atoms with van der Waals surface area (Å²) in [5.41, 5.74) is 1.28. The molecule has 0 atom stereocenters. The predicted octanol–water partition coefficient (Wildman–Crippen LogP) is 3.02. The van der Waals surface area contributed by atoms with Crippen LogP contribution in [-0.2, 0) is 0 Å². The fourth-order valence-electron chi connectivity index (χ4n) is 0.255. The standard InChI is InChI=1S/C6H10INS/c1-3-5(2)4-8-6(7)9/h4H,3H2,1-2H3,(H,8,9)/b5-4+. The van der Waals surface area contributed by atoms with Crippen molar-refractivity contribution in [1.29, 1.82) is 0 Å². The first-order chi connectivity index (χ1) is 4.16. The van der Waals surface area contributed by atoms with Gasteiger partial charge >= 0.3 is 0 Å². The summed E-state index contributed by atoms with van der Waals surface area (Å²) in [6.07, 6.45) is 2.90. The highest BCUT2D eigenvalue weighted by Crippen LogP contribution is 2.01. The molecule has 52 valence electrons. The van der Waals surface area contributed by atoms with Crippen LogP contribution >= 0.6 is 35.2 Å². The van der Waals surface area contributed by atoms with E-state index < -0.39 is 0 Å². The Hall–Kier alpha value is 0.490. The lowest BCUT2D eigenvalue weighted by Gasteiger charge is -1.88. The van der Waals surface area contributed by atoms with Crippen molar-refractivity contribution in [1.82, 2.24) is 0 Å². The molecule has 0 aliphatic heterocycles. The fraction of sp³-hybridized carbons (Fsp3) is 0.500. The third kappa shape index (κ3) is 6.37. The summed E-state index contributed by atoms with van der Waals surface area (Å²) in [7, 11) is 0. The van der Waals surface area contributed by atoms with Crippen LogP contribution in [0.4, 0.5) is 0 Å². The Balaban J connectivity index is 3.83. The minimum atomic E-state index is 0.778. The van der Waals surface area contributed by atoms with Crippen LogP contribution in [0.1, 0.15) is 20.3 Å². The van der Waals surface area contributed by atoms with E-state index in [0.29, 0.717) is 0 Å². The van der Waals surface area contributed by atoms with Crippen LogP contribution in [0.5, 0.6) is 0 Å². The average molecular weight is 255 g/mol. The number of nitrogens with zero attached hydrogens (tertiary/aromatic N) is 1. The molecule has 0 amide bonds. The first kappa shape index (κ1) is 9.49. The van der Waals surface area contributed by atoms with Crippen molar-refractivity contribution in [2.75, 3.05) is 0 Å². The van der Waals surface area contributed by atoms with Gasteiger partial charge in [0.2, 0.25) is 0 Å². The highest BCUT2D eigenvalue weighted by atomic mass is 127. The van der Waals surface area contributed by atoms with Gasteiger partial charge in [-0.2, -0.15) is 0 Å². The van der Waals surface area contributed by atoms with Crippen molar-refractivity contribution in [3.05, 3.63) is 11.8 Å². The van der Waals surface area contributed by atoms with Gasteiger partial charge in [0.05, 0.1) is 0 Å². The van der Waals surface area contributed by atoms with Gasteiger partial charge in [-0.1, -0.05) is 12.5 Å². The number of allylic oxidation sites excluding steroid dienone is 1. The Morgan fingerprint density at radius 3 is 2.67 bits per heavy atom. The molecule has 0 saturated carbocycles. The monoisotopic (exact) mass is 255 g/mol. The number of halogens is 1. The van der Waals surface area contributed by atoms with Crippen LogP contribution in [-0.4, -0.2) is 3.05 Å². The Labute approximate surface area is 75.2 Å². The fourth-order valence-corrected chi connectivity index (χ4v) is 0.452. The van der Waals surface area contributed by atoms with E-state index in [1.165, 1.54) is 5.57 Å². The normalized spacial score (nSPS) is 14.2. The smallest absolute Gasteiger partial charge is 0.131 e. The largest absolute Gasteiger partial charge is 0.244 e. The maximum atomic E-state index is 4.00. The summed E-state index contributed by atoms with van der Waals surface area (Å²) in [6.45, 7) is 4.16. The summed E-state index contributed by atoms with van der Waals surface area (Å²) in [4.78, 5) is 4.00. The lowest BCUT2D eigenvalue weighted by atomic mass is 10.3. The molecule has 0 aromatic rings. The molecule has 0 bridgehead atoms. The zero-order chi connectivity index (χ0) is 7.28. The second kappa shape index (κ2) is 5.29. The van der Waals surface area contributed by atoms with Crippen molar-refractivity contribution in [3.63, 3.8) is 0 Å². The van der Waals surface area contributed by atoms with E-state index in [2.05, 4.69) is 54.1 Å². The van der Waals surface area contributed by atoms with E-state index in [1.807, 2.05) is 6.20 Å². The van der Waals surface area contributed by atoms with Crippen LogP contribution in [0.3, 0.4) is 0 Å². The van der Waals surface area contributed by atoms with Gasteiger partial charge in [-0.05, 0) is 35.9 Å². The maximum absolute atomic E-state index is 4.00. The van der Waals surface area contributed by atoms with E-state index in [9.17, 15) is 0 Å². The van der Waals surface area contributed by atoms with E-state index in [-0.39, 0.29) is 0 Å². The highest BCUT2D eigenvalue weighted by molar-refractivity contribution is 14.1. The first-order valence-electron chi connectivity index (χ1n) is 2.74. The van der Waals surface area contributed by atoms with Gasteiger partial charge in [-0.15, -0.1) is 12.6 Å². The van der Waals surface area contributed by atoms with E-state index >= 15 is 0 Å². The molecule has 0 heterocycles. The third-order valence-corrected chi connectivity index (χ3v) is 1.34. The highest BCUT2D eigenvalue weighted by Gasteiger charge is 1.80. The molecule has 0 fully saturated rings. The molecule has 0 unspecified atom stereocenters. The molecule has 0 aromatic heterocycles. The zero-order valence-corrected chi connectivity index (χ0v) is 8.61. The summed E-state index contributed by atoms with van der Waals surface area (Å²) in [5, 5.41) is 0. The molecule has 0 radical (unpaired) electrons. The number of aliphatic imine (C=N–C) groups is 1. The van der Waals surface area contributed by atoms with Crippen molar-refractivity contribution >= 4 is 38.3 Å². The molecule has 0 saturated heterocycles. The molecule has 0 N–H and O–H groups in total. The van der Waals surface area contributed by atoms with Gasteiger partial charge in [0.1, 0.15) is 3.05 Å². The van der Waals surface area contributed by atoms with E-state index in [1.54, 1.807) is 0 Å². The Morgan fingerprint density at radius 1 is 1.78 bits per heavy atom. The summed E-state index contributed by atoms with van der Waals surface area (Å²) >= 11 is 6.07. The molecule has 1 nitrogen and oxygen atoms in total. The predicted molar refractivity (Wildman–Crippen MR) is 54.5 cm³/mol. The summed E-state index contributed by atoms with van der Waals surface area (Å²) in [6, 6.07) is 0. The van der Waals surface area contributed by atoms with Crippen LogP contribution in [0, 0.1) is 0 Å². The average Bonchev–Trinajstić information content (AvgIpc) is 1.83. The van der Waals surface area contributed by atoms with Gasteiger partial charge in [-0.3, -0.25) is 0 Å². The molecule has 0 spiro atoms. The van der Waals surface area contributed by atoms with E-state index in [4.69, 9.17) is 0 Å². The third-order valence-electron chi connectivity index (χ3n) is 0.949. The minimum Gasteiger partial charge on any atom is -0.244 e. The lowest BCUT2D eigenvalue weighted by molar-refractivity contribution is 1.09. The minimum absolute atomic E-state index is 0.778. The van der Waals surface area contributed by atoms with Gasteiger partial charge in [-0.25, -0.2) is 4.99 Å². The number of thiol groups is 1. The second-order valence-electron chi connectivity index (χ2n) is 1.73. The van der Waals surface area contributed by atoms with Gasteiger partial charge in [0.25, 0.3) is 0 Å². The topological polar surface area (TPSA) is 12.4 Å². The summed E-state index contributed by atoms with van der Waals surface area (Å²) in [5.74, 6) is 0. The molecular weight excluding hydrogens is 245 g/mol. The van der Waals surface area contributed by atoms with Crippen LogP contribution < -0.4 is 0 Å². The second-order valence-corrected chi connectivity index (χ2v) is 4.03. The first-order valence-corrected chi connectivity index (χ1v) is 4.27. The van der Waals surface area contributed by atoms with Crippen molar-refractivity contribution in [2.24, 2.45) is 4.99 Å². The van der Waals surface area contributed by atoms with Gasteiger partial charge in [0.15, 0.2) is 0 Å². The van der Waals surface area contributed by atoms with Crippen LogP contribution in [0.15, 0.2) is 16.8 Å². The SMILES string of the molecule is CC/C(C)=C/N=C(\S)I. The van der Waals surface area contributed by atoms with Crippen molar-refractivity contribution < 1.29 is 0 Å². The number of hydrogen-bond donors (Lipinski definition) is 1. The van der Waals surface area contributed by atoms with Crippen molar-refractivity contribution in [3.8, 4) is 0 Å². The Kier molecular flexibility index (Phi) is 5.58. The zero-order valence-electron chi connectivity index (χ0n) is 5.56. The van der Waals surface area contributed by atoms with Crippen molar-refractivity contribution in [2.45, 2.75) is 20.3 Å². The molecule has 9 heavy (non-hydrogen) atoms. The van der Waals surface area contributed by atoms with E-state index in [0.717, 1.165) is 9.47 Å². The maximum Gasteiger partial charge on any atom is 0.131 e. The quantitative estimate of drug-likeness (QED) is 0.337. The van der Waals surface area contributed by atoms with Crippen LogP contribution in [0.25, 0.3) is 0 Å². The number of rotatable bonds is 2. The van der Waals surface area contributed by atoms with Crippen LogP contribution in [0.2, 0.25) is 0 Å². The Bertz CT molecular complexity index is 136. The number of hydrogen-bond acceptors (Lipinski definition) is 1. The summed E-state index contributed by atoms with van der Waals surface area (Å²) < 4.78 is 0.778. The molecule has 0 aliphatic rings. The van der Waals surface area contributed by atoms with Gasteiger partial charge in [0, 0.05) is 6.20 Å². The molecule has 0 rings (SSSR count). The lowest BCUT2D eigenvalue weighted by Crippen LogP contribution is -1.70.